The lowest BCUT2D eigenvalue weighted by molar-refractivity contribution is 0.00858. The Bertz CT molecular complexity index is 312. The van der Waals surface area contributed by atoms with Crippen LogP contribution in [0.25, 0.3) is 0 Å². The summed E-state index contributed by atoms with van der Waals surface area (Å²) in [6.45, 7) is 16.0. The van der Waals surface area contributed by atoms with Gasteiger partial charge in [0, 0.05) is 63.9 Å². The zero-order chi connectivity index (χ0) is 14.0. The monoisotopic (exact) mass is 280 g/mol. The number of piperazine rings is 2. The summed E-state index contributed by atoms with van der Waals surface area (Å²) in [6, 6.07) is 0.844. The molecule has 1 N–H and O–H groups in total. The number of rotatable bonds is 3. The molecule has 4 heteroatoms. The third kappa shape index (κ3) is 3.35. The van der Waals surface area contributed by atoms with E-state index in [0.717, 1.165) is 19.1 Å². The lowest BCUT2D eigenvalue weighted by atomic mass is 9.96. The number of nitrogens with zero attached hydrogens (tertiary/aromatic N) is 3. The van der Waals surface area contributed by atoms with Crippen molar-refractivity contribution >= 4 is 0 Å². The molecule has 20 heavy (non-hydrogen) atoms. The van der Waals surface area contributed by atoms with Crippen LogP contribution in [0.4, 0.5) is 0 Å². The van der Waals surface area contributed by atoms with Crippen molar-refractivity contribution in [3.8, 4) is 0 Å². The molecule has 0 spiro atoms. The lowest BCUT2D eigenvalue weighted by Crippen LogP contribution is -2.61. The minimum absolute atomic E-state index is 0.318. The van der Waals surface area contributed by atoms with Crippen LogP contribution in [0, 0.1) is 0 Å². The Hall–Kier alpha value is -0.160. The van der Waals surface area contributed by atoms with Gasteiger partial charge in [-0.1, -0.05) is 6.42 Å². The van der Waals surface area contributed by atoms with Crippen LogP contribution in [0.15, 0.2) is 0 Å². The molecule has 0 aromatic carbocycles. The van der Waals surface area contributed by atoms with Crippen LogP contribution in [-0.4, -0.2) is 85.2 Å². The first-order chi connectivity index (χ1) is 9.65. The highest BCUT2D eigenvalue weighted by Gasteiger charge is 2.34. The molecule has 3 fully saturated rings. The van der Waals surface area contributed by atoms with E-state index in [1.165, 1.54) is 65.1 Å². The Morgan fingerprint density at radius 3 is 2.60 bits per heavy atom. The first kappa shape index (κ1) is 14.8. The number of fused-ring (bicyclic) bond motifs is 1. The van der Waals surface area contributed by atoms with Gasteiger partial charge in [-0.05, 0) is 33.2 Å². The van der Waals surface area contributed by atoms with Gasteiger partial charge in [-0.15, -0.1) is 0 Å². The molecule has 3 aliphatic rings. The van der Waals surface area contributed by atoms with Gasteiger partial charge >= 0.3 is 0 Å². The molecule has 0 saturated carbocycles. The number of piperidine rings is 1. The van der Waals surface area contributed by atoms with Gasteiger partial charge in [0.15, 0.2) is 0 Å². The van der Waals surface area contributed by atoms with E-state index in [0.29, 0.717) is 5.54 Å². The standard InChI is InChI=1S/C16H32N4/c1-16(2,20-9-6-17-7-10-20)14-18-11-12-19-8-4-3-5-15(19)13-18/h15,17H,3-14H2,1-2H3. The molecule has 116 valence electrons. The SMILES string of the molecule is CC(C)(CN1CCN2CCCCC2C1)N1CCNCC1. The summed E-state index contributed by atoms with van der Waals surface area (Å²) >= 11 is 0. The van der Waals surface area contributed by atoms with E-state index in [4.69, 9.17) is 0 Å². The van der Waals surface area contributed by atoms with Crippen molar-refractivity contribution in [2.24, 2.45) is 0 Å². The smallest absolute Gasteiger partial charge is 0.0281 e. The topological polar surface area (TPSA) is 21.8 Å². The van der Waals surface area contributed by atoms with Crippen LogP contribution >= 0.6 is 0 Å². The van der Waals surface area contributed by atoms with Crippen molar-refractivity contribution in [1.82, 2.24) is 20.0 Å². The van der Waals surface area contributed by atoms with Crippen LogP contribution in [-0.2, 0) is 0 Å². The molecule has 0 bridgehead atoms. The number of hydrogen-bond donors (Lipinski definition) is 1. The summed E-state index contributed by atoms with van der Waals surface area (Å²) in [6.07, 6.45) is 4.28. The summed E-state index contributed by atoms with van der Waals surface area (Å²) in [5, 5.41) is 3.47. The van der Waals surface area contributed by atoms with Crippen molar-refractivity contribution in [2.75, 3.05) is 58.9 Å². The minimum atomic E-state index is 0.318. The van der Waals surface area contributed by atoms with E-state index < -0.39 is 0 Å². The van der Waals surface area contributed by atoms with Gasteiger partial charge < -0.3 is 5.32 Å². The summed E-state index contributed by atoms with van der Waals surface area (Å²) in [5.41, 5.74) is 0.318. The maximum absolute atomic E-state index is 3.47. The highest BCUT2D eigenvalue weighted by Crippen LogP contribution is 2.24. The average Bonchev–Trinajstić information content (AvgIpc) is 2.48. The quantitative estimate of drug-likeness (QED) is 0.827. The predicted molar refractivity (Wildman–Crippen MR) is 84.2 cm³/mol. The Balaban J connectivity index is 1.54. The summed E-state index contributed by atoms with van der Waals surface area (Å²) in [7, 11) is 0. The minimum Gasteiger partial charge on any atom is -0.314 e. The number of nitrogens with one attached hydrogen (secondary N) is 1. The Morgan fingerprint density at radius 1 is 1.00 bits per heavy atom. The normalized spacial score (nSPS) is 31.2. The highest BCUT2D eigenvalue weighted by molar-refractivity contribution is 4.92. The van der Waals surface area contributed by atoms with Crippen LogP contribution in [0.5, 0.6) is 0 Å². The van der Waals surface area contributed by atoms with E-state index in [1.807, 2.05) is 0 Å². The third-order valence-electron chi connectivity index (χ3n) is 5.51. The van der Waals surface area contributed by atoms with Gasteiger partial charge in [-0.3, -0.25) is 14.7 Å². The van der Waals surface area contributed by atoms with E-state index in [1.54, 1.807) is 0 Å². The summed E-state index contributed by atoms with van der Waals surface area (Å²) in [4.78, 5) is 8.14. The first-order valence-corrected chi connectivity index (χ1v) is 8.57. The number of hydrogen-bond acceptors (Lipinski definition) is 4. The lowest BCUT2D eigenvalue weighted by Gasteiger charge is -2.48. The molecule has 4 nitrogen and oxygen atoms in total. The second-order valence-electron chi connectivity index (χ2n) is 7.47. The second kappa shape index (κ2) is 6.30. The van der Waals surface area contributed by atoms with Crippen LogP contribution in [0.1, 0.15) is 33.1 Å². The van der Waals surface area contributed by atoms with Gasteiger partial charge in [0.2, 0.25) is 0 Å². The Labute approximate surface area is 124 Å². The fourth-order valence-corrected chi connectivity index (χ4v) is 4.28. The average molecular weight is 280 g/mol. The predicted octanol–water partition coefficient (Wildman–Crippen LogP) is 0.840. The third-order valence-corrected chi connectivity index (χ3v) is 5.51. The van der Waals surface area contributed by atoms with Crippen molar-refractivity contribution < 1.29 is 0 Å². The molecule has 3 heterocycles. The molecular formula is C16H32N4. The molecule has 0 radical (unpaired) electrons. The molecule has 1 atom stereocenters. The Morgan fingerprint density at radius 2 is 1.80 bits per heavy atom. The van der Waals surface area contributed by atoms with Gasteiger partial charge in [-0.2, -0.15) is 0 Å². The van der Waals surface area contributed by atoms with Crippen LogP contribution in [0.3, 0.4) is 0 Å². The van der Waals surface area contributed by atoms with Crippen molar-refractivity contribution in [1.29, 1.82) is 0 Å². The maximum atomic E-state index is 3.47. The molecule has 0 amide bonds. The zero-order valence-corrected chi connectivity index (χ0v) is 13.4. The van der Waals surface area contributed by atoms with E-state index >= 15 is 0 Å². The first-order valence-electron chi connectivity index (χ1n) is 8.57. The van der Waals surface area contributed by atoms with Gasteiger partial charge in [0.05, 0.1) is 0 Å². The molecule has 0 aromatic rings. The van der Waals surface area contributed by atoms with E-state index in [9.17, 15) is 0 Å². The summed E-state index contributed by atoms with van der Waals surface area (Å²) in [5.74, 6) is 0. The largest absolute Gasteiger partial charge is 0.314 e. The molecule has 3 aliphatic heterocycles. The van der Waals surface area contributed by atoms with Crippen LogP contribution < -0.4 is 5.32 Å². The zero-order valence-electron chi connectivity index (χ0n) is 13.4. The highest BCUT2D eigenvalue weighted by atomic mass is 15.3. The fraction of sp³-hybridized carbons (Fsp3) is 1.00. The van der Waals surface area contributed by atoms with Crippen molar-refractivity contribution in [3.05, 3.63) is 0 Å². The second-order valence-corrected chi connectivity index (χ2v) is 7.47. The van der Waals surface area contributed by atoms with Gasteiger partial charge in [0.1, 0.15) is 0 Å². The fourth-order valence-electron chi connectivity index (χ4n) is 4.28. The molecular weight excluding hydrogens is 248 g/mol. The molecule has 0 aliphatic carbocycles. The van der Waals surface area contributed by atoms with Gasteiger partial charge in [-0.25, -0.2) is 0 Å². The van der Waals surface area contributed by atoms with E-state index in [-0.39, 0.29) is 0 Å². The Kier molecular flexibility index (Phi) is 4.65. The molecule has 0 aromatic heterocycles. The molecule has 1 unspecified atom stereocenters. The summed E-state index contributed by atoms with van der Waals surface area (Å²) < 4.78 is 0. The van der Waals surface area contributed by atoms with Crippen molar-refractivity contribution in [3.63, 3.8) is 0 Å². The van der Waals surface area contributed by atoms with E-state index in [2.05, 4.69) is 33.9 Å². The maximum Gasteiger partial charge on any atom is 0.0281 e. The molecule has 3 saturated heterocycles. The molecule has 3 rings (SSSR count). The van der Waals surface area contributed by atoms with Crippen molar-refractivity contribution in [2.45, 2.75) is 44.7 Å². The van der Waals surface area contributed by atoms with Crippen LogP contribution in [0.2, 0.25) is 0 Å². The van der Waals surface area contributed by atoms with Gasteiger partial charge in [0.25, 0.3) is 0 Å².